The predicted octanol–water partition coefficient (Wildman–Crippen LogP) is 3.91. The number of rotatable bonds is 4. The van der Waals surface area contributed by atoms with Crippen molar-refractivity contribution in [3.63, 3.8) is 0 Å². The van der Waals surface area contributed by atoms with Crippen molar-refractivity contribution in [1.29, 1.82) is 0 Å². The summed E-state index contributed by atoms with van der Waals surface area (Å²) in [6.45, 7) is 5.87. The highest BCUT2D eigenvalue weighted by molar-refractivity contribution is 7.80. The van der Waals surface area contributed by atoms with Gasteiger partial charge in [0.25, 0.3) is 5.91 Å². The molecule has 2 N–H and O–H groups in total. The van der Waals surface area contributed by atoms with E-state index >= 15 is 0 Å². The van der Waals surface area contributed by atoms with E-state index in [9.17, 15) is 4.79 Å². The summed E-state index contributed by atoms with van der Waals surface area (Å²) in [5.74, 6) is 0.384. The van der Waals surface area contributed by atoms with Crippen molar-refractivity contribution >= 4 is 28.9 Å². The van der Waals surface area contributed by atoms with Crippen LogP contribution in [0.15, 0.2) is 48.5 Å². The standard InChI is InChI=1S/C18H20N2O2S/c1-12(2)22-16-9-5-7-14(11-16)17(21)20-18(23)19-15-8-4-6-13(3)10-15/h4-12H,1-3H3,(H2,19,20,21,23). The van der Waals surface area contributed by atoms with E-state index in [4.69, 9.17) is 17.0 Å². The number of aryl methyl sites for hydroxylation is 1. The lowest BCUT2D eigenvalue weighted by Gasteiger charge is -2.12. The van der Waals surface area contributed by atoms with Gasteiger partial charge in [-0.15, -0.1) is 0 Å². The van der Waals surface area contributed by atoms with Gasteiger partial charge in [-0.2, -0.15) is 0 Å². The Kier molecular flexibility index (Phi) is 5.71. The van der Waals surface area contributed by atoms with Gasteiger partial charge in [0.05, 0.1) is 6.10 Å². The number of carbonyl (C=O) groups is 1. The zero-order valence-electron chi connectivity index (χ0n) is 13.4. The van der Waals surface area contributed by atoms with Gasteiger partial charge in [-0.1, -0.05) is 18.2 Å². The van der Waals surface area contributed by atoms with E-state index in [0.717, 1.165) is 11.3 Å². The Morgan fingerprint density at radius 1 is 1.13 bits per heavy atom. The average molecular weight is 328 g/mol. The number of ether oxygens (including phenoxy) is 1. The van der Waals surface area contributed by atoms with Crippen molar-refractivity contribution in [2.24, 2.45) is 0 Å². The number of anilines is 1. The van der Waals surface area contributed by atoms with Crippen LogP contribution in [0.2, 0.25) is 0 Å². The Labute approximate surface area is 141 Å². The van der Waals surface area contributed by atoms with Crippen molar-refractivity contribution < 1.29 is 9.53 Å². The number of hydrogen-bond donors (Lipinski definition) is 2. The molecule has 0 spiro atoms. The van der Waals surface area contributed by atoms with E-state index < -0.39 is 0 Å². The number of benzene rings is 2. The van der Waals surface area contributed by atoms with Crippen molar-refractivity contribution in [1.82, 2.24) is 5.32 Å². The summed E-state index contributed by atoms with van der Waals surface area (Å²) >= 11 is 5.18. The molecule has 0 saturated carbocycles. The zero-order chi connectivity index (χ0) is 16.8. The topological polar surface area (TPSA) is 50.4 Å². The molecule has 0 radical (unpaired) electrons. The van der Waals surface area contributed by atoms with Gasteiger partial charge in [0.15, 0.2) is 5.11 Å². The first-order valence-electron chi connectivity index (χ1n) is 7.40. The van der Waals surface area contributed by atoms with Crippen LogP contribution in [0, 0.1) is 6.92 Å². The number of amides is 1. The summed E-state index contributed by atoms with van der Waals surface area (Å²) in [6.07, 6.45) is 0.0531. The Hall–Kier alpha value is -2.40. The Morgan fingerprint density at radius 3 is 2.57 bits per heavy atom. The maximum Gasteiger partial charge on any atom is 0.257 e. The first-order valence-corrected chi connectivity index (χ1v) is 7.80. The van der Waals surface area contributed by atoms with Crippen molar-refractivity contribution in [2.75, 3.05) is 5.32 Å². The molecule has 0 bridgehead atoms. The number of nitrogens with one attached hydrogen (secondary N) is 2. The number of carbonyl (C=O) groups excluding carboxylic acids is 1. The lowest BCUT2D eigenvalue weighted by molar-refractivity contribution is 0.0977. The zero-order valence-corrected chi connectivity index (χ0v) is 14.2. The van der Waals surface area contributed by atoms with Crippen LogP contribution in [-0.4, -0.2) is 17.1 Å². The van der Waals surface area contributed by atoms with E-state index in [2.05, 4.69) is 10.6 Å². The minimum atomic E-state index is -0.274. The molecule has 0 aromatic heterocycles. The van der Waals surface area contributed by atoms with Crippen LogP contribution >= 0.6 is 12.2 Å². The third-order valence-corrected chi connectivity index (χ3v) is 3.18. The van der Waals surface area contributed by atoms with Gasteiger partial charge in [-0.25, -0.2) is 0 Å². The SMILES string of the molecule is Cc1cccc(NC(=S)NC(=O)c2cccc(OC(C)C)c2)c1. The fourth-order valence-corrected chi connectivity index (χ4v) is 2.25. The lowest BCUT2D eigenvalue weighted by Crippen LogP contribution is -2.34. The first kappa shape index (κ1) is 17.0. The maximum absolute atomic E-state index is 12.3. The second-order valence-electron chi connectivity index (χ2n) is 5.47. The van der Waals surface area contributed by atoms with Gasteiger partial charge < -0.3 is 10.1 Å². The summed E-state index contributed by atoms with van der Waals surface area (Å²) in [6, 6.07) is 14.8. The predicted molar refractivity (Wildman–Crippen MR) is 97.1 cm³/mol. The molecular weight excluding hydrogens is 308 g/mol. The van der Waals surface area contributed by atoms with Gasteiger partial charge in [0.2, 0.25) is 0 Å². The summed E-state index contributed by atoms with van der Waals surface area (Å²) in [7, 11) is 0. The summed E-state index contributed by atoms with van der Waals surface area (Å²) in [5, 5.41) is 5.93. The van der Waals surface area contributed by atoms with E-state index in [1.807, 2.05) is 51.1 Å². The molecule has 0 aliphatic heterocycles. The van der Waals surface area contributed by atoms with Gasteiger partial charge in [0.1, 0.15) is 5.75 Å². The molecule has 0 aliphatic rings. The van der Waals surface area contributed by atoms with Crippen LogP contribution in [0.5, 0.6) is 5.75 Å². The maximum atomic E-state index is 12.3. The minimum Gasteiger partial charge on any atom is -0.491 e. The highest BCUT2D eigenvalue weighted by Gasteiger charge is 2.09. The monoisotopic (exact) mass is 328 g/mol. The second-order valence-corrected chi connectivity index (χ2v) is 5.88. The fraction of sp³-hybridized carbons (Fsp3) is 0.222. The van der Waals surface area contributed by atoms with Crippen molar-refractivity contribution in [3.05, 3.63) is 59.7 Å². The third kappa shape index (κ3) is 5.38. The molecule has 0 heterocycles. The van der Waals surface area contributed by atoms with Crippen LogP contribution in [0.3, 0.4) is 0 Å². The van der Waals surface area contributed by atoms with Crippen LogP contribution in [0.1, 0.15) is 29.8 Å². The molecule has 4 nitrogen and oxygen atoms in total. The second kappa shape index (κ2) is 7.74. The molecule has 0 fully saturated rings. The molecule has 0 unspecified atom stereocenters. The van der Waals surface area contributed by atoms with Crippen molar-refractivity contribution in [3.8, 4) is 5.75 Å². The Morgan fingerprint density at radius 2 is 1.87 bits per heavy atom. The number of hydrogen-bond acceptors (Lipinski definition) is 3. The van der Waals surface area contributed by atoms with E-state index in [1.165, 1.54) is 0 Å². The summed E-state index contributed by atoms with van der Waals surface area (Å²) < 4.78 is 5.59. The molecule has 120 valence electrons. The van der Waals surface area contributed by atoms with Crippen LogP contribution in [0.25, 0.3) is 0 Å². The van der Waals surface area contributed by atoms with Gasteiger partial charge >= 0.3 is 0 Å². The Bertz CT molecular complexity index is 714. The highest BCUT2D eigenvalue weighted by Crippen LogP contribution is 2.15. The molecule has 0 aliphatic carbocycles. The van der Waals surface area contributed by atoms with E-state index in [0.29, 0.717) is 11.3 Å². The third-order valence-electron chi connectivity index (χ3n) is 2.97. The summed E-state index contributed by atoms with van der Waals surface area (Å²) in [5.41, 5.74) is 2.45. The molecule has 0 atom stereocenters. The molecule has 0 saturated heterocycles. The average Bonchev–Trinajstić information content (AvgIpc) is 2.46. The quantitative estimate of drug-likeness (QED) is 0.836. The van der Waals surface area contributed by atoms with Crippen LogP contribution in [-0.2, 0) is 0 Å². The van der Waals surface area contributed by atoms with Gasteiger partial charge in [-0.05, 0) is 68.9 Å². The van der Waals surface area contributed by atoms with E-state index in [1.54, 1.807) is 18.2 Å². The van der Waals surface area contributed by atoms with Crippen molar-refractivity contribution in [2.45, 2.75) is 26.9 Å². The molecule has 23 heavy (non-hydrogen) atoms. The molecule has 2 aromatic carbocycles. The van der Waals surface area contributed by atoms with Crippen LogP contribution < -0.4 is 15.4 Å². The first-order chi connectivity index (χ1) is 10.9. The number of thiocarbonyl (C=S) groups is 1. The fourth-order valence-electron chi connectivity index (χ4n) is 2.04. The largest absolute Gasteiger partial charge is 0.491 e. The van der Waals surface area contributed by atoms with Gasteiger partial charge in [0, 0.05) is 11.3 Å². The normalized spacial score (nSPS) is 10.3. The van der Waals surface area contributed by atoms with Gasteiger partial charge in [-0.3, -0.25) is 10.1 Å². The Balaban J connectivity index is 1.99. The molecule has 1 amide bonds. The molecule has 2 rings (SSSR count). The van der Waals surface area contributed by atoms with Crippen LogP contribution in [0.4, 0.5) is 5.69 Å². The summed E-state index contributed by atoms with van der Waals surface area (Å²) in [4.78, 5) is 12.3. The molecule has 5 heteroatoms. The molecular formula is C18H20N2O2S. The minimum absolute atomic E-state index is 0.0531. The van der Waals surface area contributed by atoms with E-state index in [-0.39, 0.29) is 17.1 Å². The highest BCUT2D eigenvalue weighted by atomic mass is 32.1. The smallest absolute Gasteiger partial charge is 0.257 e. The lowest BCUT2D eigenvalue weighted by atomic mass is 10.2. The molecule has 2 aromatic rings.